The van der Waals surface area contributed by atoms with Crippen molar-refractivity contribution in [2.45, 2.75) is 38.5 Å². The third-order valence-electron chi connectivity index (χ3n) is 4.80. The van der Waals surface area contributed by atoms with Crippen LogP contribution >= 0.6 is 0 Å². The molecule has 14 heteroatoms. The topological polar surface area (TPSA) is 87.9 Å². The number of aromatic nitrogens is 2. The lowest BCUT2D eigenvalue weighted by molar-refractivity contribution is -0.143. The molecule has 2 amide bonds. The van der Waals surface area contributed by atoms with Crippen molar-refractivity contribution < 1.29 is 45.9 Å². The number of amides is 2. The Bertz CT molecular complexity index is 1020. The minimum absolute atomic E-state index is 0.00996. The summed E-state index contributed by atoms with van der Waals surface area (Å²) in [6, 6.07) is 2.33. The van der Waals surface area contributed by atoms with Crippen LogP contribution in [0.25, 0.3) is 0 Å². The van der Waals surface area contributed by atoms with Crippen molar-refractivity contribution in [2.24, 2.45) is 0 Å². The van der Waals surface area contributed by atoms with Gasteiger partial charge < -0.3 is 9.64 Å². The Morgan fingerprint density at radius 3 is 2.21 bits per heavy atom. The van der Waals surface area contributed by atoms with Gasteiger partial charge in [-0.15, -0.1) is 0 Å². The summed E-state index contributed by atoms with van der Waals surface area (Å²) in [6.45, 7) is -0.350. The molecule has 1 N–H and O–H groups in total. The molecular weight excluding hydrogens is 462 g/mol. The van der Waals surface area contributed by atoms with Crippen molar-refractivity contribution >= 4 is 12.0 Å². The van der Waals surface area contributed by atoms with Crippen molar-refractivity contribution in [2.75, 3.05) is 13.6 Å². The fourth-order valence-corrected chi connectivity index (χ4v) is 3.23. The van der Waals surface area contributed by atoms with Crippen LogP contribution in [0.4, 0.5) is 31.1 Å². The lowest BCUT2D eigenvalue weighted by Crippen LogP contribution is -2.31. The van der Waals surface area contributed by atoms with Gasteiger partial charge in [0.25, 0.3) is 5.91 Å². The van der Waals surface area contributed by atoms with E-state index in [1.165, 1.54) is 15.6 Å². The molecule has 2 aromatic rings. The SMILES string of the molecule is CN(O)C(=O)c1cc2n(n1)CCCN(C(=O)OCc1cc(C(F)(F)F)cc(C(F)(F)F)c1)C2. The Kier molecular flexibility index (Phi) is 6.58. The number of hydrogen-bond acceptors (Lipinski definition) is 5. The van der Waals surface area contributed by atoms with Gasteiger partial charge in [-0.1, -0.05) is 0 Å². The van der Waals surface area contributed by atoms with E-state index in [4.69, 9.17) is 4.74 Å². The third kappa shape index (κ3) is 5.74. The van der Waals surface area contributed by atoms with Crippen LogP contribution in [0.2, 0.25) is 0 Å². The standard InChI is InChI=1S/C19H18F6N4O4/c1-27(32)16(30)15-8-14-9-28(3-2-4-29(14)26-15)17(31)33-10-11-5-12(18(20,21)22)7-13(6-11)19(23,24)25/h5-8,32H,2-4,9-10H2,1H3. The van der Waals surface area contributed by atoms with Crippen LogP contribution in [0.15, 0.2) is 24.3 Å². The first-order valence-corrected chi connectivity index (χ1v) is 9.49. The summed E-state index contributed by atoms with van der Waals surface area (Å²) in [6.07, 6.45) is -10.6. The second kappa shape index (κ2) is 8.92. The zero-order valence-corrected chi connectivity index (χ0v) is 17.1. The molecule has 3 rings (SSSR count). The number of hydroxylamine groups is 2. The zero-order valence-electron chi connectivity index (χ0n) is 17.1. The van der Waals surface area contributed by atoms with Crippen LogP contribution in [0.5, 0.6) is 0 Å². The van der Waals surface area contributed by atoms with Gasteiger partial charge >= 0.3 is 18.4 Å². The third-order valence-corrected chi connectivity index (χ3v) is 4.80. The van der Waals surface area contributed by atoms with Crippen molar-refractivity contribution in [3.63, 3.8) is 0 Å². The number of carbonyl (C=O) groups is 2. The molecule has 2 heterocycles. The highest BCUT2D eigenvalue weighted by atomic mass is 19.4. The second-order valence-electron chi connectivity index (χ2n) is 7.32. The summed E-state index contributed by atoms with van der Waals surface area (Å²) < 4.78 is 84.4. The molecule has 0 saturated heterocycles. The molecule has 0 aliphatic carbocycles. The monoisotopic (exact) mass is 480 g/mol. The van der Waals surface area contributed by atoms with E-state index in [2.05, 4.69) is 5.10 Å². The van der Waals surface area contributed by atoms with E-state index in [9.17, 15) is 41.1 Å². The second-order valence-corrected chi connectivity index (χ2v) is 7.32. The maximum Gasteiger partial charge on any atom is 0.416 e. The van der Waals surface area contributed by atoms with Crippen LogP contribution in [-0.2, 0) is 36.8 Å². The number of halogens is 6. The number of rotatable bonds is 3. The lowest BCUT2D eigenvalue weighted by Gasteiger charge is -2.20. The van der Waals surface area contributed by atoms with E-state index in [0.29, 0.717) is 35.9 Å². The maximum absolute atomic E-state index is 13.0. The van der Waals surface area contributed by atoms with Crippen LogP contribution in [-0.4, -0.2) is 50.5 Å². The molecule has 0 spiro atoms. The molecule has 0 bridgehead atoms. The minimum atomic E-state index is -5.01. The predicted octanol–water partition coefficient (Wildman–Crippen LogP) is 3.92. The van der Waals surface area contributed by atoms with Gasteiger partial charge in [0.1, 0.15) is 6.61 Å². The maximum atomic E-state index is 13.0. The van der Waals surface area contributed by atoms with Crippen molar-refractivity contribution in [3.05, 3.63) is 52.3 Å². The average Bonchev–Trinajstić information content (AvgIpc) is 3.01. The Balaban J connectivity index is 1.74. The summed E-state index contributed by atoms with van der Waals surface area (Å²) in [7, 11) is 1.12. The first-order chi connectivity index (χ1) is 15.3. The molecule has 0 unspecified atom stereocenters. The van der Waals surface area contributed by atoms with Crippen molar-refractivity contribution in [1.29, 1.82) is 0 Å². The van der Waals surface area contributed by atoms with Crippen LogP contribution in [0.3, 0.4) is 0 Å². The number of aryl methyl sites for hydroxylation is 1. The molecule has 0 radical (unpaired) electrons. The minimum Gasteiger partial charge on any atom is -0.445 e. The van der Waals surface area contributed by atoms with Gasteiger partial charge in [-0.2, -0.15) is 31.4 Å². The molecule has 1 aliphatic rings. The highest BCUT2D eigenvalue weighted by Gasteiger charge is 2.37. The zero-order chi connectivity index (χ0) is 24.6. The van der Waals surface area contributed by atoms with Gasteiger partial charge in [0, 0.05) is 20.1 Å². The summed E-state index contributed by atoms with van der Waals surface area (Å²) in [4.78, 5) is 25.5. The first kappa shape index (κ1) is 24.4. The highest BCUT2D eigenvalue weighted by molar-refractivity contribution is 5.91. The van der Waals surface area contributed by atoms with Crippen LogP contribution in [0, 0.1) is 0 Å². The van der Waals surface area contributed by atoms with Crippen LogP contribution < -0.4 is 0 Å². The van der Waals surface area contributed by atoms with Gasteiger partial charge in [-0.3, -0.25) is 14.7 Å². The molecule has 180 valence electrons. The lowest BCUT2D eigenvalue weighted by atomic mass is 10.1. The summed E-state index contributed by atoms with van der Waals surface area (Å²) >= 11 is 0. The Labute approximate surface area is 182 Å². The molecule has 33 heavy (non-hydrogen) atoms. The molecule has 1 aromatic heterocycles. The normalized spacial score (nSPS) is 14.5. The van der Waals surface area contributed by atoms with Crippen LogP contribution in [0.1, 0.15) is 39.3 Å². The van der Waals surface area contributed by atoms with E-state index in [-0.39, 0.29) is 24.8 Å². The highest BCUT2D eigenvalue weighted by Crippen LogP contribution is 2.36. The number of nitrogens with zero attached hydrogens (tertiary/aromatic N) is 4. The molecule has 0 saturated carbocycles. The van der Waals surface area contributed by atoms with Gasteiger partial charge in [0.05, 0.1) is 23.4 Å². The summed E-state index contributed by atoms with van der Waals surface area (Å²) in [5, 5.41) is 13.7. The number of fused-ring (bicyclic) bond motifs is 1. The Morgan fingerprint density at radius 2 is 1.67 bits per heavy atom. The number of hydrogen-bond donors (Lipinski definition) is 1. The number of ether oxygens (including phenoxy) is 1. The fourth-order valence-electron chi connectivity index (χ4n) is 3.23. The predicted molar refractivity (Wildman–Crippen MR) is 97.8 cm³/mol. The number of alkyl halides is 6. The van der Waals surface area contributed by atoms with Crippen molar-refractivity contribution in [3.8, 4) is 0 Å². The smallest absolute Gasteiger partial charge is 0.416 e. The molecule has 1 aromatic carbocycles. The van der Waals surface area contributed by atoms with Gasteiger partial charge in [-0.25, -0.2) is 9.86 Å². The van der Waals surface area contributed by atoms with E-state index < -0.39 is 47.7 Å². The summed E-state index contributed by atoms with van der Waals surface area (Å²) in [5.41, 5.74) is -3.10. The molecule has 0 atom stereocenters. The van der Waals surface area contributed by atoms with Crippen molar-refractivity contribution in [1.82, 2.24) is 19.7 Å². The van der Waals surface area contributed by atoms with Gasteiger partial charge in [0.15, 0.2) is 5.69 Å². The quantitative estimate of drug-likeness (QED) is 0.409. The van der Waals surface area contributed by atoms with E-state index in [1.807, 2.05) is 0 Å². The summed E-state index contributed by atoms with van der Waals surface area (Å²) in [5.74, 6) is -0.769. The first-order valence-electron chi connectivity index (χ1n) is 9.49. The molecular formula is C19H18F6N4O4. The number of carbonyl (C=O) groups excluding carboxylic acids is 2. The van der Waals surface area contributed by atoms with E-state index in [0.717, 1.165) is 7.05 Å². The van der Waals surface area contributed by atoms with Gasteiger partial charge in [-0.05, 0) is 36.2 Å². The molecule has 8 nitrogen and oxygen atoms in total. The average molecular weight is 480 g/mol. The van der Waals surface area contributed by atoms with E-state index >= 15 is 0 Å². The Hall–Kier alpha value is -3.29. The number of benzene rings is 1. The fraction of sp³-hybridized carbons (Fsp3) is 0.421. The molecule has 0 fully saturated rings. The Morgan fingerprint density at radius 1 is 1.06 bits per heavy atom. The van der Waals surface area contributed by atoms with Gasteiger partial charge in [0.2, 0.25) is 0 Å². The largest absolute Gasteiger partial charge is 0.445 e. The van der Waals surface area contributed by atoms with E-state index in [1.54, 1.807) is 0 Å². The molecule has 1 aliphatic heterocycles.